The van der Waals surface area contributed by atoms with E-state index in [1.807, 2.05) is 11.7 Å². The fourth-order valence-corrected chi connectivity index (χ4v) is 3.97. The van der Waals surface area contributed by atoms with Gasteiger partial charge in [-0.2, -0.15) is 5.10 Å². The van der Waals surface area contributed by atoms with Gasteiger partial charge in [0.1, 0.15) is 12.2 Å². The van der Waals surface area contributed by atoms with E-state index in [-0.39, 0.29) is 11.6 Å². The van der Waals surface area contributed by atoms with E-state index in [0.29, 0.717) is 0 Å². The van der Waals surface area contributed by atoms with E-state index in [1.54, 1.807) is 6.33 Å². The maximum Gasteiger partial charge on any atom is 0.146 e. The van der Waals surface area contributed by atoms with E-state index < -0.39 is 0 Å². The van der Waals surface area contributed by atoms with Crippen molar-refractivity contribution in [3.63, 3.8) is 0 Å². The topological polar surface area (TPSA) is 72.0 Å². The number of nitrogens with zero attached hydrogens (tertiary/aromatic N) is 4. The molecule has 6 nitrogen and oxygen atoms in total. The van der Waals surface area contributed by atoms with Gasteiger partial charge in [-0.15, -0.1) is 0 Å². The maximum atomic E-state index is 5.91. The molecule has 1 aliphatic carbocycles. The van der Waals surface area contributed by atoms with E-state index >= 15 is 0 Å². The number of rotatable bonds is 4. The Balaban J connectivity index is 1.95. The van der Waals surface area contributed by atoms with Gasteiger partial charge < -0.3 is 0 Å². The Hall–Kier alpha value is -0.980. The lowest BCUT2D eigenvalue weighted by atomic mass is 9.86. The highest BCUT2D eigenvalue weighted by Gasteiger charge is 2.48. The first-order chi connectivity index (χ1) is 9.28. The molecule has 3 rings (SSSR count). The Morgan fingerprint density at radius 2 is 1.95 bits per heavy atom. The highest BCUT2D eigenvalue weighted by Crippen LogP contribution is 2.45. The molecule has 0 bridgehead atoms. The molecule has 6 heteroatoms. The molecule has 0 radical (unpaired) electrons. The van der Waals surface area contributed by atoms with Gasteiger partial charge in [0.15, 0.2) is 0 Å². The minimum atomic E-state index is 0.0700. The Bertz CT molecular complexity index is 417. The third-order valence-electron chi connectivity index (χ3n) is 4.91. The van der Waals surface area contributed by atoms with Gasteiger partial charge in [0.2, 0.25) is 0 Å². The van der Waals surface area contributed by atoms with Crippen LogP contribution in [0.4, 0.5) is 0 Å². The minimum absolute atomic E-state index is 0.0700. The minimum Gasteiger partial charge on any atom is -0.296 e. The van der Waals surface area contributed by atoms with Crippen molar-refractivity contribution >= 4 is 0 Å². The van der Waals surface area contributed by atoms with Gasteiger partial charge in [0, 0.05) is 12.6 Å². The first-order valence-corrected chi connectivity index (χ1v) is 7.33. The number of likely N-dealkylation sites (tertiary alicyclic amines) is 1. The van der Waals surface area contributed by atoms with Crippen molar-refractivity contribution in [3.8, 4) is 0 Å². The number of hydrogen-bond donors (Lipinski definition) is 2. The van der Waals surface area contributed by atoms with E-state index in [0.717, 1.165) is 5.82 Å². The normalized spacial score (nSPS) is 24.9. The fourth-order valence-electron chi connectivity index (χ4n) is 3.97. The summed E-state index contributed by atoms with van der Waals surface area (Å²) >= 11 is 0. The summed E-state index contributed by atoms with van der Waals surface area (Å²) in [5.74, 6) is 6.86. The van der Waals surface area contributed by atoms with Crippen molar-refractivity contribution < 1.29 is 0 Å². The summed E-state index contributed by atoms with van der Waals surface area (Å²) in [4.78, 5) is 7.07. The lowest BCUT2D eigenvalue weighted by Crippen LogP contribution is -2.56. The van der Waals surface area contributed by atoms with E-state index in [2.05, 4.69) is 20.4 Å². The summed E-state index contributed by atoms with van der Waals surface area (Å²) in [6, 6.07) is 0.0700. The molecule has 106 valence electrons. The standard InChI is InChI=1S/C13H24N6/c1-18-12(15-10-16-18)11(17-14)13(6-2-3-7-13)19-8-4-5-9-19/h10-11,17H,2-9,14H2,1H3. The van der Waals surface area contributed by atoms with Gasteiger partial charge in [0.05, 0.1) is 6.04 Å². The molecule has 0 aromatic carbocycles. The number of aryl methyl sites for hydroxylation is 1. The molecule has 1 aliphatic heterocycles. The monoisotopic (exact) mass is 264 g/mol. The van der Waals surface area contributed by atoms with Gasteiger partial charge in [-0.05, 0) is 38.8 Å². The second-order valence-electron chi connectivity index (χ2n) is 5.85. The SMILES string of the molecule is Cn1ncnc1C(NN)C1(N2CCCC2)CCCC1. The number of nitrogens with two attached hydrogens (primary N) is 1. The summed E-state index contributed by atoms with van der Waals surface area (Å²) in [5.41, 5.74) is 3.17. The van der Waals surface area contributed by atoms with Crippen molar-refractivity contribution in [2.75, 3.05) is 13.1 Å². The molecule has 0 amide bonds. The summed E-state index contributed by atoms with van der Waals surface area (Å²) in [6.45, 7) is 2.38. The van der Waals surface area contributed by atoms with Crippen LogP contribution in [0.5, 0.6) is 0 Å². The Morgan fingerprint density at radius 1 is 1.26 bits per heavy atom. The first kappa shape index (κ1) is 13.0. The molecular weight excluding hydrogens is 240 g/mol. The molecule has 1 atom stereocenters. The van der Waals surface area contributed by atoms with Gasteiger partial charge in [-0.1, -0.05) is 12.8 Å². The smallest absolute Gasteiger partial charge is 0.146 e. The van der Waals surface area contributed by atoms with Crippen LogP contribution in [0.2, 0.25) is 0 Å². The van der Waals surface area contributed by atoms with Gasteiger partial charge in [-0.25, -0.2) is 10.4 Å². The summed E-state index contributed by atoms with van der Waals surface area (Å²) in [7, 11) is 1.94. The highest BCUT2D eigenvalue weighted by atomic mass is 15.4. The van der Waals surface area contributed by atoms with Crippen LogP contribution in [0.15, 0.2) is 6.33 Å². The van der Waals surface area contributed by atoms with E-state index in [4.69, 9.17) is 5.84 Å². The molecule has 19 heavy (non-hydrogen) atoms. The molecule has 2 heterocycles. The Morgan fingerprint density at radius 3 is 2.47 bits per heavy atom. The zero-order chi connectivity index (χ0) is 13.3. The molecular formula is C13H24N6. The summed E-state index contributed by atoms with van der Waals surface area (Å²) in [5, 5.41) is 4.21. The Kier molecular flexibility index (Phi) is 3.56. The molecule has 3 N–H and O–H groups in total. The summed E-state index contributed by atoms with van der Waals surface area (Å²) in [6.07, 6.45) is 9.20. The van der Waals surface area contributed by atoms with Crippen LogP contribution in [0.3, 0.4) is 0 Å². The zero-order valence-corrected chi connectivity index (χ0v) is 11.7. The second kappa shape index (κ2) is 5.19. The molecule has 2 aliphatic rings. The predicted octanol–water partition coefficient (Wildman–Crippen LogP) is 0.728. The third kappa shape index (κ3) is 2.07. The highest BCUT2D eigenvalue weighted by molar-refractivity contribution is 5.11. The van der Waals surface area contributed by atoms with Gasteiger partial charge >= 0.3 is 0 Å². The number of nitrogens with one attached hydrogen (secondary N) is 1. The molecule has 1 saturated carbocycles. The number of hydrazine groups is 1. The second-order valence-corrected chi connectivity index (χ2v) is 5.85. The lowest BCUT2D eigenvalue weighted by Gasteiger charge is -2.44. The quantitative estimate of drug-likeness (QED) is 0.619. The number of hydrogen-bond acceptors (Lipinski definition) is 5. The predicted molar refractivity (Wildman–Crippen MR) is 73.1 cm³/mol. The summed E-state index contributed by atoms with van der Waals surface area (Å²) < 4.78 is 1.85. The Labute approximate surface area is 114 Å². The van der Waals surface area contributed by atoms with Crippen LogP contribution in [-0.2, 0) is 7.05 Å². The van der Waals surface area contributed by atoms with Gasteiger partial charge in [-0.3, -0.25) is 15.4 Å². The molecule has 1 aromatic heterocycles. The van der Waals surface area contributed by atoms with Crippen LogP contribution in [0.1, 0.15) is 50.4 Å². The molecule has 2 fully saturated rings. The average molecular weight is 264 g/mol. The van der Waals surface area contributed by atoms with Crippen LogP contribution >= 0.6 is 0 Å². The van der Waals surface area contributed by atoms with E-state index in [9.17, 15) is 0 Å². The van der Waals surface area contributed by atoms with Gasteiger partial charge in [0.25, 0.3) is 0 Å². The zero-order valence-electron chi connectivity index (χ0n) is 11.7. The number of aromatic nitrogens is 3. The first-order valence-electron chi connectivity index (χ1n) is 7.33. The van der Waals surface area contributed by atoms with Crippen molar-refractivity contribution in [1.29, 1.82) is 0 Å². The van der Waals surface area contributed by atoms with Crippen LogP contribution < -0.4 is 11.3 Å². The third-order valence-corrected chi connectivity index (χ3v) is 4.91. The van der Waals surface area contributed by atoms with Crippen molar-refractivity contribution in [2.45, 2.75) is 50.1 Å². The van der Waals surface area contributed by atoms with Crippen LogP contribution in [-0.4, -0.2) is 38.3 Å². The molecule has 1 aromatic rings. The lowest BCUT2D eigenvalue weighted by molar-refractivity contribution is 0.0713. The van der Waals surface area contributed by atoms with E-state index in [1.165, 1.54) is 51.6 Å². The molecule has 1 saturated heterocycles. The van der Waals surface area contributed by atoms with Crippen molar-refractivity contribution in [1.82, 2.24) is 25.1 Å². The van der Waals surface area contributed by atoms with Crippen molar-refractivity contribution in [3.05, 3.63) is 12.2 Å². The molecule has 1 unspecified atom stereocenters. The largest absolute Gasteiger partial charge is 0.296 e. The average Bonchev–Trinajstić information content (AvgIpc) is 3.12. The van der Waals surface area contributed by atoms with Crippen molar-refractivity contribution in [2.24, 2.45) is 12.9 Å². The molecule has 0 spiro atoms. The van der Waals surface area contributed by atoms with Crippen LogP contribution in [0, 0.1) is 0 Å². The maximum absolute atomic E-state index is 5.91. The fraction of sp³-hybridized carbons (Fsp3) is 0.846. The van der Waals surface area contributed by atoms with Crippen LogP contribution in [0.25, 0.3) is 0 Å².